The van der Waals surface area contributed by atoms with Crippen LogP contribution in [0.1, 0.15) is 29.0 Å². The van der Waals surface area contributed by atoms with Crippen molar-refractivity contribution in [3.05, 3.63) is 93.5 Å². The fourth-order valence-electron chi connectivity index (χ4n) is 4.33. The Hall–Kier alpha value is -3.46. The first-order valence-electron chi connectivity index (χ1n) is 11.7. The molecule has 2 aliphatic rings. The van der Waals surface area contributed by atoms with Crippen molar-refractivity contribution in [1.29, 1.82) is 0 Å². The van der Waals surface area contributed by atoms with Crippen LogP contribution in [0.5, 0.6) is 0 Å². The number of carbonyl (C=O) groups excluding carboxylic acids is 1. The van der Waals surface area contributed by atoms with Gasteiger partial charge in [0.05, 0.1) is 38.1 Å². The maximum atomic E-state index is 13.2. The second kappa shape index (κ2) is 10.4. The highest BCUT2D eigenvalue weighted by Crippen LogP contribution is 2.32. The summed E-state index contributed by atoms with van der Waals surface area (Å²) < 4.78 is 23.1. The quantitative estimate of drug-likeness (QED) is 0.583. The number of fused-ring (bicyclic) bond motifs is 1. The van der Waals surface area contributed by atoms with Crippen LogP contribution >= 0.6 is 0 Å². The van der Waals surface area contributed by atoms with Gasteiger partial charge in [-0.15, -0.1) is 0 Å². The lowest BCUT2D eigenvalue weighted by atomic mass is 9.93. The molecule has 1 N–H and O–H groups in total. The first-order chi connectivity index (χ1) is 17.1. The summed E-state index contributed by atoms with van der Waals surface area (Å²) in [5, 5.41) is 9.74. The van der Waals surface area contributed by atoms with Crippen LogP contribution in [0.15, 0.2) is 75.8 Å². The van der Waals surface area contributed by atoms with Gasteiger partial charge in [-0.2, -0.15) is 0 Å². The molecule has 2 atom stereocenters. The second-order valence-electron chi connectivity index (χ2n) is 8.63. The molecule has 1 amide bonds. The van der Waals surface area contributed by atoms with Gasteiger partial charge in [0.2, 0.25) is 6.29 Å². The highest BCUT2D eigenvalue weighted by atomic mass is 16.7. The Labute approximate surface area is 202 Å². The van der Waals surface area contributed by atoms with Crippen molar-refractivity contribution < 1.29 is 28.5 Å². The molecule has 5 rings (SSSR count). The molecule has 3 heterocycles. The van der Waals surface area contributed by atoms with Crippen molar-refractivity contribution >= 4 is 16.9 Å². The van der Waals surface area contributed by atoms with E-state index in [1.165, 1.54) is 6.26 Å². The minimum absolute atomic E-state index is 0.0271. The predicted octanol–water partition coefficient (Wildman–Crippen LogP) is 3.07. The van der Waals surface area contributed by atoms with Crippen molar-refractivity contribution in [1.82, 2.24) is 4.90 Å². The van der Waals surface area contributed by atoms with Crippen molar-refractivity contribution in [3.8, 4) is 0 Å². The molecule has 2 aliphatic heterocycles. The molecule has 0 radical (unpaired) electrons. The van der Waals surface area contributed by atoms with E-state index >= 15 is 0 Å². The topological polar surface area (TPSA) is 98.4 Å². The molecule has 0 aliphatic carbocycles. The molecule has 1 saturated heterocycles. The Morgan fingerprint density at radius 1 is 1.06 bits per heavy atom. The number of morpholine rings is 1. The number of aliphatic hydroxyl groups excluding tert-OH is 1. The Bertz CT molecular complexity index is 1270. The number of allylic oxidation sites excluding steroid dienone is 1. The molecule has 1 fully saturated rings. The Morgan fingerprint density at radius 2 is 1.80 bits per heavy atom. The predicted molar refractivity (Wildman–Crippen MR) is 127 cm³/mol. The lowest BCUT2D eigenvalue weighted by Gasteiger charge is -2.32. The third-order valence-electron chi connectivity index (χ3n) is 6.31. The molecule has 2 aromatic carbocycles. The van der Waals surface area contributed by atoms with Crippen LogP contribution in [0, 0.1) is 0 Å². The SMILES string of the molecule is O=C(C1=C[C@H](c2coc3ccccc3c2=O)C[C@H](OCc2ccc(CO)cc2)O1)N1CCOCC1. The molecule has 1 aromatic heterocycles. The normalized spacial score (nSPS) is 20.4. The van der Waals surface area contributed by atoms with Crippen LogP contribution in [0.25, 0.3) is 11.0 Å². The average Bonchev–Trinajstić information content (AvgIpc) is 2.92. The number of hydrogen-bond donors (Lipinski definition) is 1. The molecule has 0 spiro atoms. The van der Waals surface area contributed by atoms with Gasteiger partial charge >= 0.3 is 0 Å². The van der Waals surface area contributed by atoms with Gasteiger partial charge in [-0.1, -0.05) is 36.4 Å². The van der Waals surface area contributed by atoms with E-state index < -0.39 is 12.2 Å². The summed E-state index contributed by atoms with van der Waals surface area (Å²) in [6.45, 7) is 2.13. The number of ether oxygens (including phenoxy) is 3. The van der Waals surface area contributed by atoms with Crippen molar-refractivity contribution in [2.75, 3.05) is 26.3 Å². The van der Waals surface area contributed by atoms with Gasteiger partial charge in [-0.05, 0) is 29.3 Å². The van der Waals surface area contributed by atoms with E-state index in [-0.39, 0.29) is 30.3 Å². The van der Waals surface area contributed by atoms with Crippen LogP contribution in [-0.4, -0.2) is 48.5 Å². The molecular weight excluding hydrogens is 450 g/mol. The first-order valence-corrected chi connectivity index (χ1v) is 11.7. The summed E-state index contributed by atoms with van der Waals surface area (Å²) in [7, 11) is 0. The van der Waals surface area contributed by atoms with Gasteiger partial charge < -0.3 is 28.6 Å². The molecule has 35 heavy (non-hydrogen) atoms. The fraction of sp³-hybridized carbons (Fsp3) is 0.333. The van der Waals surface area contributed by atoms with E-state index in [1.807, 2.05) is 30.3 Å². The summed E-state index contributed by atoms with van der Waals surface area (Å²) in [6.07, 6.45) is 2.80. The highest BCUT2D eigenvalue weighted by molar-refractivity contribution is 5.92. The van der Waals surface area contributed by atoms with Gasteiger partial charge in [0.25, 0.3) is 5.91 Å². The van der Waals surface area contributed by atoms with Crippen LogP contribution in [-0.2, 0) is 32.2 Å². The summed E-state index contributed by atoms with van der Waals surface area (Å²) in [4.78, 5) is 28.1. The molecule has 0 saturated carbocycles. The number of aliphatic hydroxyl groups is 1. The molecule has 8 heteroatoms. The lowest BCUT2D eigenvalue weighted by molar-refractivity contribution is -0.158. The number of hydrogen-bond acceptors (Lipinski definition) is 7. The van der Waals surface area contributed by atoms with Gasteiger partial charge in [-0.3, -0.25) is 9.59 Å². The zero-order valence-electron chi connectivity index (χ0n) is 19.2. The molecular formula is C27H27NO7. The van der Waals surface area contributed by atoms with Crippen LogP contribution < -0.4 is 5.43 Å². The first kappa shape index (κ1) is 23.3. The summed E-state index contributed by atoms with van der Waals surface area (Å²) in [6, 6.07) is 14.5. The standard InChI is InChI=1S/C27H27NO7/c29-15-18-5-7-19(8-6-18)16-34-25-14-20(13-24(35-25)27(31)28-9-11-32-12-10-28)22-17-33-23-4-2-1-3-21(23)26(22)30/h1-8,13,17,20,25,29H,9-12,14-16H2/t20-,25+/m0/s1. The van der Waals surface area contributed by atoms with E-state index in [9.17, 15) is 14.7 Å². The lowest BCUT2D eigenvalue weighted by Crippen LogP contribution is -2.43. The molecule has 0 bridgehead atoms. The smallest absolute Gasteiger partial charge is 0.288 e. The molecule has 182 valence electrons. The van der Waals surface area contributed by atoms with Crippen LogP contribution in [0.2, 0.25) is 0 Å². The third-order valence-corrected chi connectivity index (χ3v) is 6.31. The number of carbonyl (C=O) groups is 1. The van der Waals surface area contributed by atoms with Crippen molar-refractivity contribution in [2.24, 2.45) is 0 Å². The Morgan fingerprint density at radius 3 is 2.57 bits per heavy atom. The second-order valence-corrected chi connectivity index (χ2v) is 8.63. The number of para-hydroxylation sites is 1. The number of rotatable bonds is 6. The van der Waals surface area contributed by atoms with E-state index in [1.54, 1.807) is 29.2 Å². The number of nitrogens with zero attached hydrogens (tertiary/aromatic N) is 1. The van der Waals surface area contributed by atoms with Crippen LogP contribution in [0.4, 0.5) is 0 Å². The molecule has 0 unspecified atom stereocenters. The van der Waals surface area contributed by atoms with Gasteiger partial charge in [0.1, 0.15) is 5.58 Å². The van der Waals surface area contributed by atoms with Gasteiger partial charge in [0.15, 0.2) is 11.2 Å². The van der Waals surface area contributed by atoms with Gasteiger partial charge in [0, 0.05) is 31.0 Å². The van der Waals surface area contributed by atoms with Crippen molar-refractivity contribution in [3.63, 3.8) is 0 Å². The maximum Gasteiger partial charge on any atom is 0.288 e. The minimum atomic E-state index is -0.728. The van der Waals surface area contributed by atoms with E-state index in [0.717, 1.165) is 11.1 Å². The van der Waals surface area contributed by atoms with E-state index in [4.69, 9.17) is 18.6 Å². The largest absolute Gasteiger partial charge is 0.464 e. The van der Waals surface area contributed by atoms with E-state index in [2.05, 4.69) is 0 Å². The molecule has 3 aromatic rings. The number of amides is 1. The zero-order valence-corrected chi connectivity index (χ0v) is 19.2. The van der Waals surface area contributed by atoms with Gasteiger partial charge in [-0.25, -0.2) is 0 Å². The van der Waals surface area contributed by atoms with E-state index in [0.29, 0.717) is 49.3 Å². The highest BCUT2D eigenvalue weighted by Gasteiger charge is 2.33. The zero-order chi connectivity index (χ0) is 24.2. The monoisotopic (exact) mass is 477 g/mol. The Kier molecular flexibility index (Phi) is 6.94. The fourth-order valence-corrected chi connectivity index (χ4v) is 4.33. The van der Waals surface area contributed by atoms with Crippen LogP contribution in [0.3, 0.4) is 0 Å². The Balaban J connectivity index is 1.41. The minimum Gasteiger partial charge on any atom is -0.464 e. The number of benzene rings is 2. The van der Waals surface area contributed by atoms with Crippen molar-refractivity contribution in [2.45, 2.75) is 31.8 Å². The summed E-state index contributed by atoms with van der Waals surface area (Å²) in [5.41, 5.74) is 2.56. The third kappa shape index (κ3) is 5.14. The maximum absolute atomic E-state index is 13.2. The average molecular weight is 478 g/mol. The summed E-state index contributed by atoms with van der Waals surface area (Å²) >= 11 is 0. The summed E-state index contributed by atoms with van der Waals surface area (Å²) in [5.74, 6) is -0.494. The molecule has 8 nitrogen and oxygen atoms in total.